The van der Waals surface area contributed by atoms with Crippen LogP contribution in [0, 0.1) is 5.92 Å². The smallest absolute Gasteiger partial charge is 0.323 e. The number of aromatic nitrogens is 4. The van der Waals surface area contributed by atoms with Crippen molar-refractivity contribution in [3.63, 3.8) is 0 Å². The molecule has 1 aliphatic rings. The van der Waals surface area contributed by atoms with Crippen LogP contribution in [0.4, 0.5) is 5.82 Å². The SMILES string of the molecule is C[C@@H]1CCc2c(sc3ncnc(N[C@H](C)c4ccc5[nH]c(=O)[nH]c5c4)c23)C1. The minimum atomic E-state index is -0.181. The first-order chi connectivity index (χ1) is 13.1. The van der Waals surface area contributed by atoms with Gasteiger partial charge in [0.05, 0.1) is 22.5 Å². The summed E-state index contributed by atoms with van der Waals surface area (Å²) in [6.45, 7) is 4.43. The van der Waals surface area contributed by atoms with Crippen LogP contribution in [0.2, 0.25) is 0 Å². The summed E-state index contributed by atoms with van der Waals surface area (Å²) in [5, 5.41) is 4.76. The number of anilines is 1. The summed E-state index contributed by atoms with van der Waals surface area (Å²) in [6.07, 6.45) is 5.11. The Balaban J connectivity index is 1.52. The van der Waals surface area contributed by atoms with E-state index in [1.807, 2.05) is 29.5 Å². The number of thiophene rings is 1. The van der Waals surface area contributed by atoms with E-state index in [1.165, 1.54) is 22.2 Å². The van der Waals surface area contributed by atoms with Crippen LogP contribution >= 0.6 is 11.3 Å². The summed E-state index contributed by atoms with van der Waals surface area (Å²) in [5.74, 6) is 1.64. The van der Waals surface area contributed by atoms with Crippen molar-refractivity contribution in [1.82, 2.24) is 19.9 Å². The molecule has 5 rings (SSSR count). The van der Waals surface area contributed by atoms with Crippen LogP contribution in [0.25, 0.3) is 21.3 Å². The quantitative estimate of drug-likeness (QED) is 0.499. The van der Waals surface area contributed by atoms with Crippen LogP contribution in [-0.2, 0) is 12.8 Å². The molecule has 0 amide bonds. The number of benzene rings is 1. The number of H-pyrrole nitrogens is 2. The van der Waals surface area contributed by atoms with Gasteiger partial charge in [-0.3, -0.25) is 0 Å². The highest BCUT2D eigenvalue weighted by Gasteiger charge is 2.23. The van der Waals surface area contributed by atoms with Crippen molar-refractivity contribution in [2.75, 3.05) is 5.32 Å². The lowest BCUT2D eigenvalue weighted by Crippen LogP contribution is -2.11. The fraction of sp³-hybridized carbons (Fsp3) is 0.350. The molecule has 1 aromatic carbocycles. The molecule has 0 radical (unpaired) electrons. The number of hydrogen-bond donors (Lipinski definition) is 3. The summed E-state index contributed by atoms with van der Waals surface area (Å²) >= 11 is 1.81. The minimum absolute atomic E-state index is 0.0592. The zero-order valence-corrected chi connectivity index (χ0v) is 16.1. The van der Waals surface area contributed by atoms with Gasteiger partial charge in [-0.25, -0.2) is 14.8 Å². The molecule has 138 valence electrons. The topological polar surface area (TPSA) is 86.5 Å². The molecule has 0 unspecified atom stereocenters. The molecular formula is C20H21N5OS. The van der Waals surface area contributed by atoms with E-state index in [4.69, 9.17) is 0 Å². The number of aryl methyl sites for hydroxylation is 1. The molecule has 3 heterocycles. The Kier molecular flexibility index (Phi) is 3.79. The zero-order chi connectivity index (χ0) is 18.5. The van der Waals surface area contributed by atoms with E-state index in [9.17, 15) is 4.79 Å². The zero-order valence-electron chi connectivity index (χ0n) is 15.3. The summed E-state index contributed by atoms with van der Waals surface area (Å²) in [5.41, 5.74) is 3.98. The molecule has 0 aliphatic heterocycles. The van der Waals surface area contributed by atoms with Crippen molar-refractivity contribution in [2.45, 2.75) is 39.2 Å². The van der Waals surface area contributed by atoms with Gasteiger partial charge in [0.25, 0.3) is 0 Å². The first-order valence-corrected chi connectivity index (χ1v) is 10.1. The summed E-state index contributed by atoms with van der Waals surface area (Å²) in [4.78, 5) is 28.7. The average Bonchev–Trinajstić information content (AvgIpc) is 3.19. The predicted octanol–water partition coefficient (Wildman–Crippen LogP) is 4.16. The minimum Gasteiger partial charge on any atom is -0.363 e. The number of rotatable bonds is 3. The van der Waals surface area contributed by atoms with Crippen molar-refractivity contribution in [3.05, 3.63) is 51.0 Å². The Hall–Kier alpha value is -2.67. The molecular weight excluding hydrogens is 358 g/mol. The fourth-order valence-electron chi connectivity index (χ4n) is 3.99. The largest absolute Gasteiger partial charge is 0.363 e. The van der Waals surface area contributed by atoms with Gasteiger partial charge in [-0.2, -0.15) is 0 Å². The van der Waals surface area contributed by atoms with Crippen LogP contribution in [-0.4, -0.2) is 19.9 Å². The molecule has 3 aromatic heterocycles. The summed E-state index contributed by atoms with van der Waals surface area (Å²) in [7, 11) is 0. The Bertz CT molecular complexity index is 1200. The highest BCUT2D eigenvalue weighted by molar-refractivity contribution is 7.19. The van der Waals surface area contributed by atoms with Gasteiger partial charge in [0.1, 0.15) is 17.0 Å². The average molecular weight is 379 g/mol. The van der Waals surface area contributed by atoms with Crippen LogP contribution in [0.15, 0.2) is 29.3 Å². The molecule has 0 saturated carbocycles. The monoisotopic (exact) mass is 379 g/mol. The standard InChI is InChI=1S/C20H21N5OS/c1-10-3-5-13-16(7-10)27-19-17(13)18(21-9-22-19)23-11(2)12-4-6-14-15(8-12)25-20(26)24-14/h4,6,8-11H,3,5,7H2,1-2H3,(H,21,22,23)(H2,24,25,26)/t10-,11-/m1/s1. The Morgan fingerprint density at radius 3 is 3.00 bits per heavy atom. The predicted molar refractivity (Wildman–Crippen MR) is 110 cm³/mol. The van der Waals surface area contributed by atoms with E-state index < -0.39 is 0 Å². The van der Waals surface area contributed by atoms with Gasteiger partial charge < -0.3 is 15.3 Å². The van der Waals surface area contributed by atoms with Crippen molar-refractivity contribution in [1.29, 1.82) is 0 Å². The summed E-state index contributed by atoms with van der Waals surface area (Å²) < 4.78 is 0. The molecule has 3 N–H and O–H groups in total. The van der Waals surface area contributed by atoms with E-state index in [0.29, 0.717) is 0 Å². The highest BCUT2D eigenvalue weighted by atomic mass is 32.1. The number of fused-ring (bicyclic) bond motifs is 4. The molecule has 0 bridgehead atoms. The second-order valence-corrected chi connectivity index (χ2v) is 8.59. The van der Waals surface area contributed by atoms with Gasteiger partial charge in [0.2, 0.25) is 0 Å². The second-order valence-electron chi connectivity index (χ2n) is 7.50. The molecule has 1 aliphatic carbocycles. The van der Waals surface area contributed by atoms with Crippen LogP contribution < -0.4 is 11.0 Å². The molecule has 7 heteroatoms. The number of nitrogens with one attached hydrogen (secondary N) is 3. The van der Waals surface area contributed by atoms with E-state index >= 15 is 0 Å². The van der Waals surface area contributed by atoms with E-state index in [1.54, 1.807) is 6.33 Å². The molecule has 0 spiro atoms. The molecule has 27 heavy (non-hydrogen) atoms. The first-order valence-electron chi connectivity index (χ1n) is 9.32. The number of aromatic amines is 2. The van der Waals surface area contributed by atoms with Crippen molar-refractivity contribution in [2.24, 2.45) is 5.92 Å². The lowest BCUT2D eigenvalue weighted by Gasteiger charge is -2.19. The molecule has 6 nitrogen and oxygen atoms in total. The molecule has 4 aromatic rings. The van der Waals surface area contributed by atoms with Gasteiger partial charge in [-0.1, -0.05) is 13.0 Å². The number of hydrogen-bond acceptors (Lipinski definition) is 5. The lowest BCUT2D eigenvalue weighted by molar-refractivity contribution is 0.509. The lowest BCUT2D eigenvalue weighted by atomic mass is 9.89. The van der Waals surface area contributed by atoms with Crippen LogP contribution in [0.3, 0.4) is 0 Å². The van der Waals surface area contributed by atoms with Crippen LogP contribution in [0.1, 0.15) is 42.3 Å². The van der Waals surface area contributed by atoms with Gasteiger partial charge in [0, 0.05) is 4.88 Å². The summed E-state index contributed by atoms with van der Waals surface area (Å²) in [6, 6.07) is 6.04. The van der Waals surface area contributed by atoms with Crippen LogP contribution in [0.5, 0.6) is 0 Å². The van der Waals surface area contributed by atoms with E-state index in [0.717, 1.165) is 46.0 Å². The second kappa shape index (κ2) is 6.20. The van der Waals surface area contributed by atoms with E-state index in [2.05, 4.69) is 39.1 Å². The van der Waals surface area contributed by atoms with Gasteiger partial charge in [-0.15, -0.1) is 11.3 Å². The molecule has 0 saturated heterocycles. The van der Waals surface area contributed by atoms with Gasteiger partial charge >= 0.3 is 5.69 Å². The third-order valence-electron chi connectivity index (χ3n) is 5.48. The maximum atomic E-state index is 11.5. The Labute approximate surface area is 160 Å². The third-order valence-corrected chi connectivity index (χ3v) is 6.65. The maximum absolute atomic E-state index is 11.5. The third kappa shape index (κ3) is 2.82. The number of imidazole rings is 1. The van der Waals surface area contributed by atoms with Crippen molar-refractivity contribution in [3.8, 4) is 0 Å². The molecule has 2 atom stereocenters. The maximum Gasteiger partial charge on any atom is 0.323 e. The van der Waals surface area contributed by atoms with Gasteiger partial charge in [0.15, 0.2) is 0 Å². The number of nitrogens with zero attached hydrogens (tertiary/aromatic N) is 2. The fourth-order valence-corrected chi connectivity index (χ4v) is 5.34. The van der Waals surface area contributed by atoms with Crippen molar-refractivity contribution < 1.29 is 0 Å². The first kappa shape index (κ1) is 16.5. The normalized spacial score (nSPS) is 17.9. The molecule has 0 fully saturated rings. The Morgan fingerprint density at radius 2 is 2.11 bits per heavy atom. The van der Waals surface area contributed by atoms with Crippen molar-refractivity contribution >= 4 is 38.4 Å². The van der Waals surface area contributed by atoms with E-state index in [-0.39, 0.29) is 11.7 Å². The highest BCUT2D eigenvalue weighted by Crippen LogP contribution is 2.40. The Morgan fingerprint density at radius 1 is 1.26 bits per heavy atom. The van der Waals surface area contributed by atoms with Gasteiger partial charge in [-0.05, 0) is 55.4 Å².